The fraction of sp³-hybridized carbons (Fsp3) is 0.318. The second kappa shape index (κ2) is 8.34. The van der Waals surface area contributed by atoms with Crippen molar-refractivity contribution < 1.29 is 14.3 Å². The van der Waals surface area contributed by atoms with Gasteiger partial charge >= 0.3 is 5.97 Å². The topological polar surface area (TPSA) is 67.8 Å². The van der Waals surface area contributed by atoms with Gasteiger partial charge in [0.1, 0.15) is 11.6 Å². The lowest BCUT2D eigenvalue weighted by atomic mass is 10.2. The molecule has 0 radical (unpaired) electrons. The zero-order valence-corrected chi connectivity index (χ0v) is 16.7. The zero-order valence-electron chi connectivity index (χ0n) is 16.7. The van der Waals surface area contributed by atoms with Gasteiger partial charge in [-0.25, -0.2) is 14.8 Å². The smallest absolute Gasteiger partial charge is 0.376 e. The van der Waals surface area contributed by atoms with E-state index in [0.717, 1.165) is 54.3 Å². The summed E-state index contributed by atoms with van der Waals surface area (Å²) in [6.07, 6.45) is 0. The predicted molar refractivity (Wildman–Crippen MR) is 113 cm³/mol. The highest BCUT2D eigenvalue weighted by molar-refractivity contribution is 5.94. The van der Waals surface area contributed by atoms with Gasteiger partial charge in [0.25, 0.3) is 0 Å². The lowest BCUT2D eigenvalue weighted by molar-refractivity contribution is 0.0512. The van der Waals surface area contributed by atoms with E-state index in [9.17, 15) is 4.79 Å². The molecule has 1 aliphatic heterocycles. The summed E-state index contributed by atoms with van der Waals surface area (Å²) in [5.74, 6) is 1.26. The van der Waals surface area contributed by atoms with Crippen molar-refractivity contribution in [1.29, 1.82) is 0 Å². The minimum atomic E-state index is -0.493. The molecule has 7 nitrogen and oxygen atoms in total. The van der Waals surface area contributed by atoms with Crippen LogP contribution in [0.3, 0.4) is 0 Å². The van der Waals surface area contributed by atoms with Crippen LogP contribution in [0.15, 0.2) is 48.5 Å². The number of fused-ring (bicyclic) bond motifs is 1. The molecule has 0 bridgehead atoms. The zero-order chi connectivity index (χ0) is 20.2. The van der Waals surface area contributed by atoms with E-state index in [-0.39, 0.29) is 5.82 Å². The Morgan fingerprint density at radius 2 is 1.66 bits per heavy atom. The Hall–Kier alpha value is -3.35. The molecule has 150 valence electrons. The van der Waals surface area contributed by atoms with Crippen molar-refractivity contribution in [3.63, 3.8) is 0 Å². The molecule has 1 fully saturated rings. The van der Waals surface area contributed by atoms with Gasteiger partial charge < -0.3 is 19.3 Å². The maximum atomic E-state index is 12.2. The van der Waals surface area contributed by atoms with Crippen molar-refractivity contribution in [1.82, 2.24) is 9.97 Å². The quantitative estimate of drug-likeness (QED) is 0.618. The second-order valence-electron chi connectivity index (χ2n) is 6.75. The number of aromatic nitrogens is 2. The fourth-order valence-corrected chi connectivity index (χ4v) is 3.64. The SMILES string of the molecule is CCOC(=O)c1nc(N2CCN(c3ccccc3OC)CC2)c2ccccc2n1. The lowest BCUT2D eigenvalue weighted by Crippen LogP contribution is -2.47. The first-order chi connectivity index (χ1) is 14.2. The molecular weight excluding hydrogens is 368 g/mol. The Kier molecular flexibility index (Phi) is 5.46. The number of hydrogen-bond acceptors (Lipinski definition) is 7. The van der Waals surface area contributed by atoms with Crippen molar-refractivity contribution in [3.05, 3.63) is 54.4 Å². The van der Waals surface area contributed by atoms with Crippen molar-refractivity contribution in [2.45, 2.75) is 6.92 Å². The summed E-state index contributed by atoms with van der Waals surface area (Å²) in [4.78, 5) is 25.7. The van der Waals surface area contributed by atoms with Crippen LogP contribution in [0, 0.1) is 0 Å². The number of nitrogens with zero attached hydrogens (tertiary/aromatic N) is 4. The number of piperazine rings is 1. The molecule has 0 spiro atoms. The molecule has 0 aliphatic carbocycles. The van der Waals surface area contributed by atoms with Crippen molar-refractivity contribution in [2.75, 3.05) is 49.7 Å². The van der Waals surface area contributed by atoms with E-state index in [2.05, 4.69) is 25.8 Å². The second-order valence-corrected chi connectivity index (χ2v) is 6.75. The summed E-state index contributed by atoms with van der Waals surface area (Å²) < 4.78 is 10.6. The van der Waals surface area contributed by atoms with Crippen LogP contribution in [0.4, 0.5) is 11.5 Å². The number of methoxy groups -OCH3 is 1. The number of rotatable bonds is 5. The number of ether oxygens (including phenoxy) is 2. The van der Waals surface area contributed by atoms with Crippen LogP contribution in [-0.4, -0.2) is 55.8 Å². The minimum absolute atomic E-state index is 0.104. The van der Waals surface area contributed by atoms with Crippen LogP contribution in [0.25, 0.3) is 10.9 Å². The van der Waals surface area contributed by atoms with Gasteiger partial charge in [0.2, 0.25) is 5.82 Å². The van der Waals surface area contributed by atoms with Crippen LogP contribution < -0.4 is 14.5 Å². The van der Waals surface area contributed by atoms with E-state index in [1.165, 1.54) is 0 Å². The van der Waals surface area contributed by atoms with E-state index < -0.39 is 5.97 Å². The molecule has 7 heteroatoms. The Labute approximate surface area is 169 Å². The molecular formula is C22H24N4O3. The third-order valence-electron chi connectivity index (χ3n) is 5.05. The van der Waals surface area contributed by atoms with Gasteiger partial charge in [-0.3, -0.25) is 0 Å². The molecule has 0 amide bonds. The molecule has 0 unspecified atom stereocenters. The predicted octanol–water partition coefficient (Wildman–Crippen LogP) is 3.14. The van der Waals surface area contributed by atoms with E-state index in [1.807, 2.05) is 42.5 Å². The third-order valence-corrected chi connectivity index (χ3v) is 5.05. The van der Waals surface area contributed by atoms with Gasteiger partial charge in [-0.15, -0.1) is 0 Å². The molecule has 0 atom stereocenters. The number of benzene rings is 2. The van der Waals surface area contributed by atoms with Crippen molar-refractivity contribution in [2.24, 2.45) is 0 Å². The number of anilines is 2. The molecule has 29 heavy (non-hydrogen) atoms. The molecule has 3 aromatic rings. The van der Waals surface area contributed by atoms with Gasteiger partial charge in [0.15, 0.2) is 0 Å². The Morgan fingerprint density at radius 1 is 0.966 bits per heavy atom. The number of carbonyl (C=O) groups is 1. The van der Waals surface area contributed by atoms with Crippen LogP contribution >= 0.6 is 0 Å². The summed E-state index contributed by atoms with van der Waals surface area (Å²) in [5.41, 5.74) is 1.84. The fourth-order valence-electron chi connectivity index (χ4n) is 3.64. The first-order valence-corrected chi connectivity index (χ1v) is 9.78. The summed E-state index contributed by atoms with van der Waals surface area (Å²) in [6.45, 7) is 5.28. The summed E-state index contributed by atoms with van der Waals surface area (Å²) in [5, 5.41) is 0.936. The van der Waals surface area contributed by atoms with Crippen LogP contribution in [0.2, 0.25) is 0 Å². The van der Waals surface area contributed by atoms with E-state index >= 15 is 0 Å². The number of carbonyl (C=O) groups excluding carboxylic acids is 1. The maximum Gasteiger partial charge on any atom is 0.376 e. The van der Waals surface area contributed by atoms with Gasteiger partial charge in [-0.1, -0.05) is 24.3 Å². The summed E-state index contributed by atoms with van der Waals surface area (Å²) in [6, 6.07) is 15.8. The monoisotopic (exact) mass is 392 g/mol. The molecule has 1 aliphatic rings. The highest BCUT2D eigenvalue weighted by Crippen LogP contribution is 2.30. The Balaban J connectivity index is 1.61. The first kappa shape index (κ1) is 19.0. The average molecular weight is 392 g/mol. The summed E-state index contributed by atoms with van der Waals surface area (Å²) >= 11 is 0. The Bertz CT molecular complexity index is 1020. The molecule has 4 rings (SSSR count). The normalized spacial score (nSPS) is 14.1. The Morgan fingerprint density at radius 3 is 2.41 bits per heavy atom. The highest BCUT2D eigenvalue weighted by atomic mass is 16.5. The number of para-hydroxylation sites is 3. The van der Waals surface area contributed by atoms with Gasteiger partial charge in [0, 0.05) is 31.6 Å². The molecule has 0 N–H and O–H groups in total. The minimum Gasteiger partial charge on any atom is -0.495 e. The maximum absolute atomic E-state index is 12.2. The van der Waals surface area contributed by atoms with E-state index in [1.54, 1.807) is 14.0 Å². The average Bonchev–Trinajstić information content (AvgIpc) is 2.78. The number of esters is 1. The lowest BCUT2D eigenvalue weighted by Gasteiger charge is -2.37. The van der Waals surface area contributed by atoms with Gasteiger partial charge in [-0.05, 0) is 31.2 Å². The third kappa shape index (κ3) is 3.81. The largest absolute Gasteiger partial charge is 0.495 e. The molecule has 2 heterocycles. The van der Waals surface area contributed by atoms with Crippen molar-refractivity contribution >= 4 is 28.4 Å². The van der Waals surface area contributed by atoms with E-state index in [4.69, 9.17) is 9.47 Å². The molecule has 0 saturated carbocycles. The van der Waals surface area contributed by atoms with Crippen LogP contribution in [0.5, 0.6) is 5.75 Å². The molecule has 1 aromatic heterocycles. The number of hydrogen-bond donors (Lipinski definition) is 0. The van der Waals surface area contributed by atoms with E-state index in [0.29, 0.717) is 6.61 Å². The van der Waals surface area contributed by atoms with Crippen LogP contribution in [-0.2, 0) is 4.74 Å². The molecule has 1 saturated heterocycles. The van der Waals surface area contributed by atoms with Gasteiger partial charge in [-0.2, -0.15) is 0 Å². The first-order valence-electron chi connectivity index (χ1n) is 9.78. The summed E-state index contributed by atoms with van der Waals surface area (Å²) in [7, 11) is 1.69. The highest BCUT2D eigenvalue weighted by Gasteiger charge is 2.24. The molecule has 2 aromatic carbocycles. The van der Waals surface area contributed by atoms with Gasteiger partial charge in [0.05, 0.1) is 24.9 Å². The van der Waals surface area contributed by atoms with Crippen molar-refractivity contribution in [3.8, 4) is 5.75 Å². The van der Waals surface area contributed by atoms with Crippen LogP contribution in [0.1, 0.15) is 17.5 Å². The standard InChI is InChI=1S/C22H24N4O3/c1-3-29-22(27)20-23-17-9-5-4-8-16(17)21(24-20)26-14-12-25(13-15-26)18-10-6-7-11-19(18)28-2/h4-11H,3,12-15H2,1-2H3.